The summed E-state index contributed by atoms with van der Waals surface area (Å²) in [5.41, 5.74) is 0. The summed E-state index contributed by atoms with van der Waals surface area (Å²) in [6.07, 6.45) is -1.36. The Hall–Kier alpha value is -3.18. The molecule has 0 radical (unpaired) electrons. The molecule has 0 aromatic heterocycles. The van der Waals surface area contributed by atoms with Crippen molar-refractivity contribution in [1.82, 2.24) is 0 Å². The Morgan fingerprint density at radius 1 is 0.467 bits per heavy atom. The highest BCUT2D eigenvalue weighted by atomic mass is 16.5. The molecule has 0 aliphatic rings. The predicted molar refractivity (Wildman–Crippen MR) is 95.3 cm³/mol. The molecule has 12 heteroatoms. The summed E-state index contributed by atoms with van der Waals surface area (Å²) in [5, 5.41) is 0. The van der Waals surface area contributed by atoms with Crippen LogP contribution in [0.25, 0.3) is 0 Å². The van der Waals surface area contributed by atoms with Gasteiger partial charge in [-0.05, 0) is 0 Å². The molecule has 30 heavy (non-hydrogen) atoms. The van der Waals surface area contributed by atoms with Gasteiger partial charge in [0.2, 0.25) is 0 Å². The number of methoxy groups -OCH3 is 6. The minimum Gasteiger partial charge on any atom is -0.469 e. The van der Waals surface area contributed by atoms with Gasteiger partial charge in [-0.25, -0.2) is 0 Å². The quantitative estimate of drug-likeness (QED) is 0.297. The summed E-state index contributed by atoms with van der Waals surface area (Å²) in [5.74, 6) is -12.8. The van der Waals surface area contributed by atoms with E-state index in [1.54, 1.807) is 0 Å². The molecule has 0 aromatic rings. The zero-order valence-electron chi connectivity index (χ0n) is 17.6. The number of rotatable bonds is 11. The maximum Gasteiger partial charge on any atom is 0.310 e. The van der Waals surface area contributed by atoms with Crippen molar-refractivity contribution in [2.75, 3.05) is 42.7 Å². The van der Waals surface area contributed by atoms with Crippen molar-refractivity contribution in [3.05, 3.63) is 0 Å². The van der Waals surface area contributed by atoms with Gasteiger partial charge in [0.1, 0.15) is 0 Å². The van der Waals surface area contributed by atoms with E-state index in [1.807, 2.05) is 0 Å². The van der Waals surface area contributed by atoms with Gasteiger partial charge in [-0.3, -0.25) is 28.8 Å². The van der Waals surface area contributed by atoms with E-state index in [9.17, 15) is 28.8 Å². The van der Waals surface area contributed by atoms with Crippen LogP contribution in [0.2, 0.25) is 0 Å². The van der Waals surface area contributed by atoms with E-state index in [0.29, 0.717) is 0 Å². The van der Waals surface area contributed by atoms with E-state index in [-0.39, 0.29) is 0 Å². The Kier molecular flexibility index (Phi) is 11.7. The Balaban J connectivity index is 6.67. The molecule has 0 aliphatic carbocycles. The lowest BCUT2D eigenvalue weighted by Gasteiger charge is -2.31. The van der Waals surface area contributed by atoms with E-state index in [4.69, 9.17) is 9.47 Å². The van der Waals surface area contributed by atoms with Crippen LogP contribution in [0.3, 0.4) is 0 Å². The second-order valence-corrected chi connectivity index (χ2v) is 5.92. The third-order valence-corrected chi connectivity index (χ3v) is 4.44. The topological polar surface area (TPSA) is 158 Å². The third kappa shape index (κ3) is 7.01. The van der Waals surface area contributed by atoms with Crippen LogP contribution in [0.5, 0.6) is 0 Å². The second-order valence-electron chi connectivity index (χ2n) is 5.92. The summed E-state index contributed by atoms with van der Waals surface area (Å²) in [6, 6.07) is 0. The van der Waals surface area contributed by atoms with Gasteiger partial charge in [0.25, 0.3) is 0 Å². The standard InChI is InChI=1S/C18H26O12/c1-25-11(19)7-9(15(21)27-3)13(17(23)29-5)14(18(24)30-6)10(16(22)28-4)8-12(20)26-2/h9-10,13-14H,7-8H2,1-6H3. The molecular formula is C18H26O12. The average molecular weight is 434 g/mol. The highest BCUT2D eigenvalue weighted by Gasteiger charge is 2.51. The maximum atomic E-state index is 12.6. The molecule has 12 nitrogen and oxygen atoms in total. The first kappa shape index (κ1) is 26.8. The molecular weight excluding hydrogens is 408 g/mol. The monoisotopic (exact) mass is 434 g/mol. The molecule has 0 rings (SSSR count). The fraction of sp³-hybridized carbons (Fsp3) is 0.667. The van der Waals surface area contributed by atoms with Crippen molar-refractivity contribution >= 4 is 35.8 Å². The van der Waals surface area contributed by atoms with Gasteiger partial charge in [-0.1, -0.05) is 0 Å². The molecule has 0 spiro atoms. The van der Waals surface area contributed by atoms with Gasteiger partial charge in [0.15, 0.2) is 0 Å². The second kappa shape index (κ2) is 13.1. The Bertz CT molecular complexity index is 600. The summed E-state index contributed by atoms with van der Waals surface area (Å²) in [7, 11) is 6.06. The van der Waals surface area contributed by atoms with Gasteiger partial charge < -0.3 is 28.4 Å². The lowest BCUT2D eigenvalue weighted by atomic mass is 9.72. The predicted octanol–water partition coefficient (Wildman–Crippen LogP) is -0.731. The van der Waals surface area contributed by atoms with Gasteiger partial charge in [-0.2, -0.15) is 0 Å². The van der Waals surface area contributed by atoms with Crippen molar-refractivity contribution in [2.45, 2.75) is 12.8 Å². The van der Waals surface area contributed by atoms with E-state index in [0.717, 1.165) is 42.7 Å². The highest BCUT2D eigenvalue weighted by molar-refractivity contribution is 5.93. The van der Waals surface area contributed by atoms with Crippen LogP contribution >= 0.6 is 0 Å². The number of carbonyl (C=O) groups excluding carboxylic acids is 6. The van der Waals surface area contributed by atoms with Crippen molar-refractivity contribution < 1.29 is 57.2 Å². The Labute approximate surface area is 173 Å². The first-order valence-corrected chi connectivity index (χ1v) is 8.58. The van der Waals surface area contributed by atoms with Crippen molar-refractivity contribution in [3.63, 3.8) is 0 Å². The number of carbonyl (C=O) groups is 6. The average Bonchev–Trinajstić information content (AvgIpc) is 2.77. The molecule has 0 heterocycles. The van der Waals surface area contributed by atoms with Crippen LogP contribution in [0.4, 0.5) is 0 Å². The van der Waals surface area contributed by atoms with Crippen LogP contribution in [0.1, 0.15) is 12.8 Å². The zero-order valence-corrected chi connectivity index (χ0v) is 17.6. The molecule has 0 N–H and O–H groups in total. The van der Waals surface area contributed by atoms with Crippen LogP contribution in [-0.2, 0) is 57.2 Å². The molecule has 4 unspecified atom stereocenters. The number of hydrogen-bond donors (Lipinski definition) is 0. The number of hydrogen-bond acceptors (Lipinski definition) is 12. The van der Waals surface area contributed by atoms with Crippen molar-refractivity contribution in [2.24, 2.45) is 23.7 Å². The third-order valence-electron chi connectivity index (χ3n) is 4.44. The highest BCUT2D eigenvalue weighted by Crippen LogP contribution is 2.35. The lowest BCUT2D eigenvalue weighted by Crippen LogP contribution is -2.47. The fourth-order valence-electron chi connectivity index (χ4n) is 2.94. The minimum absolute atomic E-state index is 0.678. The van der Waals surface area contributed by atoms with Gasteiger partial charge >= 0.3 is 35.8 Å². The van der Waals surface area contributed by atoms with E-state index in [2.05, 4.69) is 18.9 Å². The van der Waals surface area contributed by atoms with E-state index >= 15 is 0 Å². The van der Waals surface area contributed by atoms with E-state index < -0.39 is 72.3 Å². The normalized spacial score (nSPS) is 14.2. The smallest absolute Gasteiger partial charge is 0.310 e. The van der Waals surface area contributed by atoms with Crippen molar-refractivity contribution in [1.29, 1.82) is 0 Å². The summed E-state index contributed by atoms with van der Waals surface area (Å²) in [6.45, 7) is 0. The lowest BCUT2D eigenvalue weighted by molar-refractivity contribution is -0.175. The number of ether oxygens (including phenoxy) is 6. The zero-order chi connectivity index (χ0) is 23.4. The first-order chi connectivity index (χ1) is 14.1. The number of esters is 6. The largest absolute Gasteiger partial charge is 0.469 e. The van der Waals surface area contributed by atoms with E-state index in [1.165, 1.54) is 0 Å². The summed E-state index contributed by atoms with van der Waals surface area (Å²) >= 11 is 0. The van der Waals surface area contributed by atoms with Crippen LogP contribution in [0, 0.1) is 23.7 Å². The van der Waals surface area contributed by atoms with Gasteiger partial charge in [-0.15, -0.1) is 0 Å². The Morgan fingerprint density at radius 2 is 0.733 bits per heavy atom. The van der Waals surface area contributed by atoms with Gasteiger partial charge in [0, 0.05) is 0 Å². The molecule has 4 atom stereocenters. The van der Waals surface area contributed by atoms with Crippen molar-refractivity contribution in [3.8, 4) is 0 Å². The van der Waals surface area contributed by atoms with Crippen LogP contribution in [0.15, 0.2) is 0 Å². The minimum atomic E-state index is -1.75. The molecule has 0 saturated heterocycles. The molecule has 0 aromatic carbocycles. The molecule has 0 bridgehead atoms. The van der Waals surface area contributed by atoms with Crippen LogP contribution < -0.4 is 0 Å². The molecule has 0 amide bonds. The molecule has 170 valence electrons. The SMILES string of the molecule is COC(=O)CC(C(=O)OC)C(C(=O)OC)C(C(=O)OC)C(CC(=O)OC)C(=O)OC. The first-order valence-electron chi connectivity index (χ1n) is 8.58. The maximum absolute atomic E-state index is 12.6. The summed E-state index contributed by atoms with van der Waals surface area (Å²) < 4.78 is 27.8. The van der Waals surface area contributed by atoms with Crippen LogP contribution in [-0.4, -0.2) is 78.5 Å². The van der Waals surface area contributed by atoms with Gasteiger partial charge in [0.05, 0.1) is 79.2 Å². The summed E-state index contributed by atoms with van der Waals surface area (Å²) in [4.78, 5) is 73.7. The fourth-order valence-corrected chi connectivity index (χ4v) is 2.94. The Morgan fingerprint density at radius 3 is 0.933 bits per heavy atom. The molecule has 0 fully saturated rings. The molecule has 0 aliphatic heterocycles. The molecule has 0 saturated carbocycles.